The van der Waals surface area contributed by atoms with Crippen molar-refractivity contribution < 1.29 is 15.0 Å². The van der Waals surface area contributed by atoms with Crippen LogP contribution in [-0.4, -0.2) is 22.8 Å². The van der Waals surface area contributed by atoms with Gasteiger partial charge in [-0.25, -0.2) is 4.79 Å². The number of carboxylic acid groups (broad SMARTS) is 1. The van der Waals surface area contributed by atoms with Gasteiger partial charge in [0.2, 0.25) is 0 Å². The topological polar surface area (TPSA) is 57.5 Å². The van der Waals surface area contributed by atoms with E-state index in [2.05, 4.69) is 12.6 Å². The Morgan fingerprint density at radius 2 is 2.15 bits per heavy atom. The third kappa shape index (κ3) is 2.23. The monoisotopic (exact) mass is 198 g/mol. The lowest BCUT2D eigenvalue weighted by Gasteiger charge is -2.06. The Labute approximate surface area is 81.4 Å². The van der Waals surface area contributed by atoms with Crippen molar-refractivity contribution in [3.8, 4) is 0 Å². The van der Waals surface area contributed by atoms with E-state index in [9.17, 15) is 4.79 Å². The van der Waals surface area contributed by atoms with E-state index in [0.29, 0.717) is 16.9 Å². The number of hydrogen-bond donors (Lipinski definition) is 3. The molecule has 1 aromatic carbocycles. The van der Waals surface area contributed by atoms with E-state index in [0.717, 1.165) is 0 Å². The van der Waals surface area contributed by atoms with Crippen molar-refractivity contribution >= 4 is 18.6 Å². The fourth-order valence-corrected chi connectivity index (χ4v) is 1.47. The lowest BCUT2D eigenvalue weighted by Crippen LogP contribution is -2.05. The molecule has 4 heteroatoms. The smallest absolute Gasteiger partial charge is 0.336 e. The quantitative estimate of drug-likeness (QED) is 0.640. The second kappa shape index (κ2) is 4.30. The predicted octanol–water partition coefficient (Wildman–Crippen LogP) is 1.21. The first-order valence-electron chi connectivity index (χ1n) is 3.82. The number of aliphatic hydroxyl groups is 1. The van der Waals surface area contributed by atoms with Crippen LogP contribution in [0.3, 0.4) is 0 Å². The maximum Gasteiger partial charge on any atom is 0.336 e. The van der Waals surface area contributed by atoms with Gasteiger partial charge in [0.15, 0.2) is 0 Å². The molecular weight excluding hydrogens is 188 g/mol. The van der Waals surface area contributed by atoms with Gasteiger partial charge in [-0.15, -0.1) is 12.6 Å². The van der Waals surface area contributed by atoms with E-state index >= 15 is 0 Å². The minimum atomic E-state index is -0.987. The minimum Gasteiger partial charge on any atom is -0.478 e. The number of aromatic carboxylic acids is 1. The molecule has 0 radical (unpaired) electrons. The van der Waals surface area contributed by atoms with Crippen molar-refractivity contribution in [3.63, 3.8) is 0 Å². The largest absolute Gasteiger partial charge is 0.478 e. The summed E-state index contributed by atoms with van der Waals surface area (Å²) in [6.45, 7) is -0.0716. The minimum absolute atomic E-state index is 0.0716. The number of rotatable bonds is 3. The molecule has 0 aliphatic carbocycles. The molecule has 0 aromatic heterocycles. The van der Waals surface area contributed by atoms with Gasteiger partial charge in [0.25, 0.3) is 0 Å². The number of thiol groups is 1. The Morgan fingerprint density at radius 3 is 2.69 bits per heavy atom. The van der Waals surface area contributed by atoms with E-state index in [1.54, 1.807) is 12.1 Å². The number of carbonyl (C=O) groups is 1. The van der Waals surface area contributed by atoms with Crippen LogP contribution < -0.4 is 0 Å². The molecule has 0 spiro atoms. The fraction of sp³-hybridized carbons (Fsp3) is 0.222. The lowest BCUT2D eigenvalue weighted by atomic mass is 10.1. The van der Waals surface area contributed by atoms with Crippen LogP contribution in [0.5, 0.6) is 0 Å². The molecule has 0 aliphatic heterocycles. The molecule has 0 heterocycles. The van der Waals surface area contributed by atoms with E-state index in [1.807, 2.05) is 0 Å². The molecule has 0 unspecified atom stereocenters. The lowest BCUT2D eigenvalue weighted by molar-refractivity contribution is 0.0695. The third-order valence-electron chi connectivity index (χ3n) is 1.74. The molecule has 0 saturated carbocycles. The highest BCUT2D eigenvalue weighted by Gasteiger charge is 2.11. The van der Waals surface area contributed by atoms with Gasteiger partial charge in [-0.3, -0.25) is 0 Å². The average Bonchev–Trinajstić information content (AvgIpc) is 2.08. The highest BCUT2D eigenvalue weighted by Crippen LogP contribution is 2.18. The summed E-state index contributed by atoms with van der Waals surface area (Å²) in [6.07, 6.45) is 0.321. The SMILES string of the molecule is O=C(O)c1cccc(S)c1CCO. The molecule has 0 fully saturated rings. The molecule has 0 bridgehead atoms. The molecule has 1 rings (SSSR count). The van der Waals surface area contributed by atoms with Crippen molar-refractivity contribution in [3.05, 3.63) is 29.3 Å². The second-order valence-corrected chi connectivity index (χ2v) is 3.06. The number of hydrogen-bond acceptors (Lipinski definition) is 3. The van der Waals surface area contributed by atoms with Crippen LogP contribution >= 0.6 is 12.6 Å². The molecule has 1 aromatic rings. The predicted molar refractivity (Wildman–Crippen MR) is 51.4 cm³/mol. The summed E-state index contributed by atoms with van der Waals surface area (Å²) >= 11 is 4.12. The van der Waals surface area contributed by atoms with Crippen LogP contribution in [0.2, 0.25) is 0 Å². The van der Waals surface area contributed by atoms with Gasteiger partial charge in [0.1, 0.15) is 0 Å². The van der Waals surface area contributed by atoms with E-state index in [1.165, 1.54) is 6.07 Å². The van der Waals surface area contributed by atoms with Crippen molar-refractivity contribution in [1.82, 2.24) is 0 Å². The summed E-state index contributed by atoms with van der Waals surface area (Å²) in [7, 11) is 0. The van der Waals surface area contributed by atoms with Gasteiger partial charge in [-0.1, -0.05) is 6.07 Å². The zero-order valence-electron chi connectivity index (χ0n) is 6.90. The highest BCUT2D eigenvalue weighted by molar-refractivity contribution is 7.80. The summed E-state index contributed by atoms with van der Waals surface area (Å²) in [4.78, 5) is 11.3. The Hall–Kier alpha value is -1.00. The summed E-state index contributed by atoms with van der Waals surface area (Å²) in [5.41, 5.74) is 0.794. The molecule has 0 atom stereocenters. The molecule has 2 N–H and O–H groups in total. The molecule has 13 heavy (non-hydrogen) atoms. The van der Waals surface area contributed by atoms with Crippen molar-refractivity contribution in [2.45, 2.75) is 11.3 Å². The highest BCUT2D eigenvalue weighted by atomic mass is 32.1. The Kier molecular flexibility index (Phi) is 3.33. The zero-order valence-corrected chi connectivity index (χ0v) is 7.79. The first kappa shape index (κ1) is 10.1. The molecule has 70 valence electrons. The van der Waals surface area contributed by atoms with Gasteiger partial charge >= 0.3 is 5.97 Å². The van der Waals surface area contributed by atoms with Crippen molar-refractivity contribution in [1.29, 1.82) is 0 Å². The first-order chi connectivity index (χ1) is 6.16. The summed E-state index contributed by atoms with van der Waals surface area (Å²) in [6, 6.07) is 4.85. The second-order valence-electron chi connectivity index (χ2n) is 2.58. The number of benzene rings is 1. The fourth-order valence-electron chi connectivity index (χ4n) is 1.15. The van der Waals surface area contributed by atoms with Gasteiger partial charge in [-0.05, 0) is 24.1 Å². The Bertz CT molecular complexity index is 323. The number of aliphatic hydroxyl groups excluding tert-OH is 1. The summed E-state index contributed by atoms with van der Waals surface area (Å²) in [5.74, 6) is -0.987. The van der Waals surface area contributed by atoms with Crippen LogP contribution in [0, 0.1) is 0 Å². The van der Waals surface area contributed by atoms with E-state index in [-0.39, 0.29) is 12.2 Å². The van der Waals surface area contributed by atoms with Crippen molar-refractivity contribution in [2.24, 2.45) is 0 Å². The van der Waals surface area contributed by atoms with Crippen LogP contribution in [0.1, 0.15) is 15.9 Å². The van der Waals surface area contributed by atoms with Gasteiger partial charge in [0.05, 0.1) is 5.56 Å². The zero-order chi connectivity index (χ0) is 9.84. The maximum atomic E-state index is 10.7. The summed E-state index contributed by atoms with van der Waals surface area (Å²) in [5, 5.41) is 17.5. The van der Waals surface area contributed by atoms with E-state index in [4.69, 9.17) is 10.2 Å². The third-order valence-corrected chi connectivity index (χ3v) is 2.16. The van der Waals surface area contributed by atoms with Crippen LogP contribution in [-0.2, 0) is 6.42 Å². The maximum absolute atomic E-state index is 10.7. The van der Waals surface area contributed by atoms with Crippen LogP contribution in [0.25, 0.3) is 0 Å². The molecular formula is C9H10O3S. The normalized spacial score (nSPS) is 10.0. The molecule has 0 saturated heterocycles. The average molecular weight is 198 g/mol. The van der Waals surface area contributed by atoms with Crippen LogP contribution in [0.15, 0.2) is 23.1 Å². The van der Waals surface area contributed by atoms with Crippen molar-refractivity contribution in [2.75, 3.05) is 6.61 Å². The van der Waals surface area contributed by atoms with Gasteiger partial charge < -0.3 is 10.2 Å². The van der Waals surface area contributed by atoms with Gasteiger partial charge in [0, 0.05) is 11.5 Å². The number of carboxylic acids is 1. The van der Waals surface area contributed by atoms with Crippen LogP contribution in [0.4, 0.5) is 0 Å². The molecule has 0 amide bonds. The molecule has 3 nitrogen and oxygen atoms in total. The summed E-state index contributed by atoms with van der Waals surface area (Å²) < 4.78 is 0. The first-order valence-corrected chi connectivity index (χ1v) is 4.26. The standard InChI is InChI=1S/C9H10O3S/c10-5-4-6-7(9(11)12)2-1-3-8(6)13/h1-3,10,13H,4-5H2,(H,11,12). The van der Waals surface area contributed by atoms with E-state index < -0.39 is 5.97 Å². The Balaban J connectivity index is 3.17. The van der Waals surface area contributed by atoms with Gasteiger partial charge in [-0.2, -0.15) is 0 Å². The molecule has 0 aliphatic rings. The Morgan fingerprint density at radius 1 is 1.46 bits per heavy atom.